The average molecular weight is 316 g/mol. The van der Waals surface area contributed by atoms with Gasteiger partial charge >= 0.3 is 0 Å². The fraction of sp³-hybridized carbons (Fsp3) is 0.600. The summed E-state index contributed by atoms with van der Waals surface area (Å²) in [5.41, 5.74) is 7.20. The van der Waals surface area contributed by atoms with E-state index in [1.54, 1.807) is 0 Å². The lowest BCUT2D eigenvalue weighted by Gasteiger charge is -2.44. The number of likely N-dealkylation sites (N-methyl/N-ethyl adjacent to an activating group) is 1. The molecule has 1 fully saturated rings. The summed E-state index contributed by atoms with van der Waals surface area (Å²) in [4.78, 5) is 4.90. The lowest BCUT2D eigenvalue weighted by atomic mass is 10.00. The highest BCUT2D eigenvalue weighted by molar-refractivity contribution is 6.42. The minimum Gasteiger partial charge on any atom is -0.329 e. The summed E-state index contributed by atoms with van der Waals surface area (Å²) >= 11 is 12.2. The van der Waals surface area contributed by atoms with Gasteiger partial charge in [-0.15, -0.1) is 0 Å². The SMILES string of the molecule is CCC1CN(C)CCN1C(CN)c1ccc(Cl)c(Cl)c1. The van der Waals surface area contributed by atoms with Gasteiger partial charge in [0, 0.05) is 38.3 Å². The summed E-state index contributed by atoms with van der Waals surface area (Å²) in [6, 6.07) is 6.60. The zero-order chi connectivity index (χ0) is 14.7. The summed E-state index contributed by atoms with van der Waals surface area (Å²) in [7, 11) is 2.18. The van der Waals surface area contributed by atoms with Gasteiger partial charge in [-0.05, 0) is 31.2 Å². The van der Waals surface area contributed by atoms with Crippen molar-refractivity contribution in [3.8, 4) is 0 Å². The van der Waals surface area contributed by atoms with Gasteiger partial charge in [0.2, 0.25) is 0 Å². The Morgan fingerprint density at radius 1 is 1.30 bits per heavy atom. The smallest absolute Gasteiger partial charge is 0.0595 e. The number of piperazine rings is 1. The summed E-state index contributed by atoms with van der Waals surface area (Å²) in [6.45, 7) is 6.04. The number of hydrogen-bond donors (Lipinski definition) is 1. The van der Waals surface area contributed by atoms with Crippen molar-refractivity contribution in [1.29, 1.82) is 0 Å². The molecule has 1 aliphatic heterocycles. The third kappa shape index (κ3) is 3.46. The molecule has 2 N–H and O–H groups in total. The van der Waals surface area contributed by atoms with Crippen molar-refractivity contribution in [2.45, 2.75) is 25.4 Å². The highest BCUT2D eigenvalue weighted by Gasteiger charge is 2.30. The molecule has 0 bridgehead atoms. The molecule has 0 aromatic heterocycles. The number of benzene rings is 1. The van der Waals surface area contributed by atoms with Crippen LogP contribution in [0, 0.1) is 0 Å². The van der Waals surface area contributed by atoms with E-state index in [0.29, 0.717) is 22.6 Å². The normalized spacial score (nSPS) is 22.9. The van der Waals surface area contributed by atoms with Crippen molar-refractivity contribution in [3.05, 3.63) is 33.8 Å². The second-order valence-electron chi connectivity index (χ2n) is 5.49. The van der Waals surface area contributed by atoms with Crippen LogP contribution in [0.5, 0.6) is 0 Å². The Hall–Kier alpha value is -0.320. The Labute approximate surface area is 131 Å². The van der Waals surface area contributed by atoms with Crippen molar-refractivity contribution in [3.63, 3.8) is 0 Å². The Balaban J connectivity index is 2.24. The molecule has 0 aliphatic carbocycles. The first kappa shape index (κ1) is 16.1. The Morgan fingerprint density at radius 2 is 2.05 bits per heavy atom. The van der Waals surface area contributed by atoms with Gasteiger partial charge < -0.3 is 10.6 Å². The monoisotopic (exact) mass is 315 g/mol. The quantitative estimate of drug-likeness (QED) is 0.927. The lowest BCUT2D eigenvalue weighted by molar-refractivity contribution is 0.0521. The van der Waals surface area contributed by atoms with Crippen molar-refractivity contribution in [1.82, 2.24) is 9.80 Å². The first-order valence-electron chi connectivity index (χ1n) is 7.16. The van der Waals surface area contributed by atoms with Gasteiger partial charge in [0.05, 0.1) is 10.0 Å². The van der Waals surface area contributed by atoms with Gasteiger partial charge in [-0.25, -0.2) is 0 Å². The van der Waals surface area contributed by atoms with Gasteiger partial charge in [-0.3, -0.25) is 4.90 Å². The predicted octanol–water partition coefficient (Wildman–Crippen LogP) is 3.02. The summed E-state index contributed by atoms with van der Waals surface area (Å²) in [5.74, 6) is 0. The Morgan fingerprint density at radius 3 is 2.65 bits per heavy atom. The number of nitrogens with zero attached hydrogens (tertiary/aromatic N) is 2. The minimum absolute atomic E-state index is 0.211. The first-order chi connectivity index (χ1) is 9.56. The Bertz CT molecular complexity index is 453. The molecule has 3 nitrogen and oxygen atoms in total. The van der Waals surface area contributed by atoms with Crippen LogP contribution < -0.4 is 5.73 Å². The molecule has 5 heteroatoms. The molecule has 0 spiro atoms. The van der Waals surface area contributed by atoms with E-state index >= 15 is 0 Å². The zero-order valence-electron chi connectivity index (χ0n) is 12.1. The maximum Gasteiger partial charge on any atom is 0.0595 e. The van der Waals surface area contributed by atoms with Crippen LogP contribution in [-0.2, 0) is 0 Å². The molecule has 0 amide bonds. The third-order valence-electron chi connectivity index (χ3n) is 4.15. The minimum atomic E-state index is 0.211. The van der Waals surface area contributed by atoms with Crippen molar-refractivity contribution in [2.75, 3.05) is 33.2 Å². The molecule has 0 radical (unpaired) electrons. The first-order valence-corrected chi connectivity index (χ1v) is 7.91. The van der Waals surface area contributed by atoms with E-state index in [1.165, 1.54) is 0 Å². The van der Waals surface area contributed by atoms with Crippen LogP contribution in [0.3, 0.4) is 0 Å². The second kappa shape index (κ2) is 7.10. The molecule has 0 saturated carbocycles. The van der Waals surface area contributed by atoms with Gasteiger partial charge in [-0.2, -0.15) is 0 Å². The van der Waals surface area contributed by atoms with Crippen molar-refractivity contribution < 1.29 is 0 Å². The van der Waals surface area contributed by atoms with Crippen LogP contribution in [0.1, 0.15) is 24.9 Å². The largest absolute Gasteiger partial charge is 0.329 e. The summed E-state index contributed by atoms with van der Waals surface area (Å²) < 4.78 is 0. The third-order valence-corrected chi connectivity index (χ3v) is 4.89. The molecule has 1 aromatic rings. The predicted molar refractivity (Wildman–Crippen MR) is 86.5 cm³/mol. The van der Waals surface area contributed by atoms with E-state index in [0.717, 1.165) is 31.6 Å². The van der Waals surface area contributed by atoms with Crippen LogP contribution in [0.25, 0.3) is 0 Å². The molecule has 2 unspecified atom stereocenters. The Kier molecular flexibility index (Phi) is 5.70. The topological polar surface area (TPSA) is 32.5 Å². The summed E-state index contributed by atoms with van der Waals surface area (Å²) in [5, 5.41) is 1.20. The molecule has 1 saturated heterocycles. The maximum absolute atomic E-state index is 6.15. The van der Waals surface area contributed by atoms with E-state index in [4.69, 9.17) is 28.9 Å². The maximum atomic E-state index is 6.15. The fourth-order valence-corrected chi connectivity index (χ4v) is 3.29. The molecule has 1 heterocycles. The number of nitrogens with two attached hydrogens (primary N) is 1. The van der Waals surface area contributed by atoms with E-state index < -0.39 is 0 Å². The standard InChI is InChI=1S/C15H23Cl2N3/c1-3-12-10-19(2)6-7-20(12)15(9-18)11-4-5-13(16)14(17)8-11/h4-5,8,12,15H,3,6-7,9-10,18H2,1-2H3. The van der Waals surface area contributed by atoms with E-state index in [9.17, 15) is 0 Å². The van der Waals surface area contributed by atoms with Gasteiger partial charge in [-0.1, -0.05) is 36.2 Å². The van der Waals surface area contributed by atoms with E-state index in [2.05, 4.69) is 23.8 Å². The van der Waals surface area contributed by atoms with Gasteiger partial charge in [0.15, 0.2) is 0 Å². The lowest BCUT2D eigenvalue weighted by Crippen LogP contribution is -2.53. The highest BCUT2D eigenvalue weighted by atomic mass is 35.5. The van der Waals surface area contributed by atoms with Crippen LogP contribution in [0.4, 0.5) is 0 Å². The van der Waals surface area contributed by atoms with E-state index in [-0.39, 0.29) is 6.04 Å². The second-order valence-corrected chi connectivity index (χ2v) is 6.30. The molecular formula is C15H23Cl2N3. The zero-order valence-corrected chi connectivity index (χ0v) is 13.7. The number of hydrogen-bond acceptors (Lipinski definition) is 3. The molecule has 1 aliphatic rings. The van der Waals surface area contributed by atoms with Gasteiger partial charge in [0.25, 0.3) is 0 Å². The van der Waals surface area contributed by atoms with Gasteiger partial charge in [0.1, 0.15) is 0 Å². The van der Waals surface area contributed by atoms with Crippen LogP contribution >= 0.6 is 23.2 Å². The van der Waals surface area contributed by atoms with Crippen LogP contribution in [-0.4, -0.2) is 49.1 Å². The van der Waals surface area contributed by atoms with Crippen LogP contribution in [0.15, 0.2) is 18.2 Å². The fourth-order valence-electron chi connectivity index (χ4n) is 2.98. The number of halogens is 2. The molecule has 2 atom stereocenters. The van der Waals surface area contributed by atoms with Crippen molar-refractivity contribution >= 4 is 23.2 Å². The van der Waals surface area contributed by atoms with E-state index in [1.807, 2.05) is 18.2 Å². The molecule has 2 rings (SSSR count). The molecule has 112 valence electrons. The highest BCUT2D eigenvalue weighted by Crippen LogP contribution is 2.30. The molecule has 1 aromatic carbocycles. The van der Waals surface area contributed by atoms with Crippen molar-refractivity contribution in [2.24, 2.45) is 5.73 Å². The van der Waals surface area contributed by atoms with Crippen LogP contribution in [0.2, 0.25) is 10.0 Å². The molecular weight excluding hydrogens is 293 g/mol. The average Bonchev–Trinajstić information content (AvgIpc) is 2.44. The summed E-state index contributed by atoms with van der Waals surface area (Å²) in [6.07, 6.45) is 1.13. The molecule has 20 heavy (non-hydrogen) atoms. The number of rotatable bonds is 4.